The van der Waals surface area contributed by atoms with Crippen LogP contribution < -0.4 is 27.2 Å². The minimum Gasteiger partial charge on any atom is -0.383 e. The molecule has 0 bridgehead atoms. The molecular weight excluding hydrogens is 466 g/mol. The molecule has 184 valence electrons. The lowest BCUT2D eigenvalue weighted by molar-refractivity contribution is -0.116. The average Bonchev–Trinajstić information content (AvgIpc) is 2.87. The Labute approximate surface area is 207 Å². The number of nitrogens with two attached hydrogens (primary N) is 1. The molecule has 0 radical (unpaired) electrons. The van der Waals surface area contributed by atoms with E-state index in [0.29, 0.717) is 45.0 Å². The molecule has 0 aliphatic carbocycles. The van der Waals surface area contributed by atoms with Gasteiger partial charge < -0.3 is 20.7 Å². The molecule has 1 aliphatic rings. The van der Waals surface area contributed by atoms with Gasteiger partial charge in [-0.3, -0.25) is 14.2 Å². The van der Waals surface area contributed by atoms with Gasteiger partial charge in [0.2, 0.25) is 5.91 Å². The number of benzene rings is 2. The van der Waals surface area contributed by atoms with Crippen LogP contribution in [0, 0.1) is 0 Å². The van der Waals surface area contributed by atoms with Crippen molar-refractivity contribution in [2.45, 2.75) is 36.2 Å². The van der Waals surface area contributed by atoms with E-state index in [1.165, 1.54) is 16.3 Å². The zero-order valence-corrected chi connectivity index (χ0v) is 20.4. The predicted octanol–water partition coefficient (Wildman–Crippen LogP) is 2.63. The van der Waals surface area contributed by atoms with Gasteiger partial charge >= 0.3 is 5.69 Å². The number of hydrogen-bond donors (Lipinski definition) is 2. The topological polar surface area (TPSA) is 112 Å². The van der Waals surface area contributed by atoms with Crippen LogP contribution >= 0.6 is 11.8 Å². The maximum atomic E-state index is 13.4. The number of morpholine rings is 1. The van der Waals surface area contributed by atoms with E-state index >= 15 is 0 Å². The molecule has 0 saturated carbocycles. The van der Waals surface area contributed by atoms with Gasteiger partial charge in [-0.1, -0.05) is 49.0 Å². The number of rotatable bonds is 8. The Morgan fingerprint density at radius 2 is 1.71 bits per heavy atom. The molecular formula is C25H29N5O4S. The second kappa shape index (κ2) is 11.3. The lowest BCUT2D eigenvalue weighted by Gasteiger charge is -2.30. The minimum atomic E-state index is -0.589. The van der Waals surface area contributed by atoms with Crippen molar-refractivity contribution < 1.29 is 9.53 Å². The number of amides is 1. The van der Waals surface area contributed by atoms with Crippen molar-refractivity contribution in [1.29, 1.82) is 0 Å². The molecule has 4 rings (SSSR count). The summed E-state index contributed by atoms with van der Waals surface area (Å²) in [5.74, 6) is -0.337. The van der Waals surface area contributed by atoms with Crippen molar-refractivity contribution in [2.24, 2.45) is 0 Å². The predicted molar refractivity (Wildman–Crippen MR) is 138 cm³/mol. The Hall–Kier alpha value is -3.50. The number of aromatic nitrogens is 2. The van der Waals surface area contributed by atoms with Crippen LogP contribution in [-0.4, -0.2) is 41.3 Å². The number of carbonyl (C=O) groups excluding carboxylic acids is 1. The summed E-state index contributed by atoms with van der Waals surface area (Å²) in [7, 11) is 0. The molecule has 2 heterocycles. The van der Waals surface area contributed by atoms with Crippen LogP contribution in [-0.2, 0) is 22.6 Å². The molecule has 10 heteroatoms. The third-order valence-electron chi connectivity index (χ3n) is 5.65. The second-order valence-electron chi connectivity index (χ2n) is 8.12. The maximum Gasteiger partial charge on any atom is 0.333 e. The molecule has 0 spiro atoms. The molecule has 0 atom stereocenters. The molecule has 3 N–H and O–H groups in total. The summed E-state index contributed by atoms with van der Waals surface area (Å²) in [6.45, 7) is 3.75. The van der Waals surface area contributed by atoms with Crippen molar-refractivity contribution in [2.75, 3.05) is 42.3 Å². The van der Waals surface area contributed by atoms with Gasteiger partial charge in [0.15, 0.2) is 0 Å². The van der Waals surface area contributed by atoms with E-state index in [1.54, 1.807) is 6.07 Å². The smallest absolute Gasteiger partial charge is 0.333 e. The zero-order chi connectivity index (χ0) is 24.8. The average molecular weight is 496 g/mol. The number of carbonyl (C=O) groups is 1. The summed E-state index contributed by atoms with van der Waals surface area (Å²) in [5.41, 5.74) is 5.98. The third-order valence-corrected chi connectivity index (χ3v) is 6.74. The summed E-state index contributed by atoms with van der Waals surface area (Å²) in [6.07, 6.45) is 0.654. The Balaban J connectivity index is 1.63. The van der Waals surface area contributed by atoms with Crippen LogP contribution in [0.1, 0.15) is 13.3 Å². The third kappa shape index (κ3) is 5.60. The van der Waals surface area contributed by atoms with Gasteiger partial charge in [0.05, 0.1) is 18.9 Å². The first-order valence-electron chi connectivity index (χ1n) is 11.6. The summed E-state index contributed by atoms with van der Waals surface area (Å²) < 4.78 is 7.74. The highest BCUT2D eigenvalue weighted by molar-refractivity contribution is 7.99. The van der Waals surface area contributed by atoms with Crippen molar-refractivity contribution in [3.05, 3.63) is 75.4 Å². The van der Waals surface area contributed by atoms with Crippen LogP contribution in [0.3, 0.4) is 0 Å². The molecule has 1 aromatic heterocycles. The zero-order valence-electron chi connectivity index (χ0n) is 19.6. The van der Waals surface area contributed by atoms with Crippen LogP contribution in [0.2, 0.25) is 0 Å². The van der Waals surface area contributed by atoms with Crippen molar-refractivity contribution in [1.82, 2.24) is 9.13 Å². The fourth-order valence-corrected chi connectivity index (χ4v) is 4.89. The van der Waals surface area contributed by atoms with Gasteiger partial charge in [-0.25, -0.2) is 9.36 Å². The van der Waals surface area contributed by atoms with Gasteiger partial charge in [0, 0.05) is 29.4 Å². The number of para-hydroxylation sites is 1. The SMILES string of the molecule is CCCn1c(N)c(N2CCOCC2)c(=O)n(CC(=O)Nc2ccccc2Sc2ccccc2)c1=O. The van der Waals surface area contributed by atoms with E-state index in [4.69, 9.17) is 10.5 Å². The molecule has 1 amide bonds. The standard InChI is InChI=1S/C25H29N5O4S/c1-2-12-29-23(26)22(28-13-15-34-16-14-28)24(32)30(25(29)33)17-21(31)27-19-10-6-7-11-20(19)35-18-8-4-3-5-9-18/h3-11H,2,12-17,26H2,1H3,(H,27,31). The first-order valence-corrected chi connectivity index (χ1v) is 12.4. The highest BCUT2D eigenvalue weighted by Crippen LogP contribution is 2.33. The highest BCUT2D eigenvalue weighted by Gasteiger charge is 2.24. The van der Waals surface area contributed by atoms with E-state index < -0.39 is 23.7 Å². The number of ether oxygens (including phenoxy) is 1. The normalized spacial score (nSPS) is 13.6. The summed E-state index contributed by atoms with van der Waals surface area (Å²) in [5, 5.41) is 2.87. The Morgan fingerprint density at radius 1 is 1.03 bits per heavy atom. The molecule has 2 aromatic carbocycles. The van der Waals surface area contributed by atoms with E-state index in [-0.39, 0.29) is 11.5 Å². The van der Waals surface area contributed by atoms with Crippen molar-refractivity contribution in [3.8, 4) is 0 Å². The minimum absolute atomic E-state index is 0.130. The van der Waals surface area contributed by atoms with Gasteiger partial charge in [-0.05, 0) is 30.7 Å². The molecule has 3 aromatic rings. The molecule has 1 saturated heterocycles. The largest absolute Gasteiger partial charge is 0.383 e. The van der Waals surface area contributed by atoms with Crippen molar-refractivity contribution >= 4 is 34.9 Å². The van der Waals surface area contributed by atoms with Crippen LogP contribution in [0.25, 0.3) is 0 Å². The van der Waals surface area contributed by atoms with Gasteiger partial charge in [-0.2, -0.15) is 0 Å². The van der Waals surface area contributed by atoms with E-state index in [1.807, 2.05) is 60.4 Å². The quantitative estimate of drug-likeness (QED) is 0.494. The number of nitrogens with zero attached hydrogens (tertiary/aromatic N) is 3. The molecule has 1 aliphatic heterocycles. The first kappa shape index (κ1) is 24.6. The van der Waals surface area contributed by atoms with Crippen LogP contribution in [0.15, 0.2) is 74.0 Å². The van der Waals surface area contributed by atoms with E-state index in [0.717, 1.165) is 14.4 Å². The molecule has 0 unspecified atom stereocenters. The second-order valence-corrected chi connectivity index (χ2v) is 9.23. The monoisotopic (exact) mass is 495 g/mol. The lowest BCUT2D eigenvalue weighted by Crippen LogP contribution is -2.48. The number of nitrogen functional groups attached to an aromatic ring is 1. The maximum absolute atomic E-state index is 13.4. The van der Waals surface area contributed by atoms with Crippen LogP contribution in [0.5, 0.6) is 0 Å². The molecule has 9 nitrogen and oxygen atoms in total. The van der Waals surface area contributed by atoms with Gasteiger partial charge in [0.25, 0.3) is 5.56 Å². The van der Waals surface area contributed by atoms with Crippen molar-refractivity contribution in [3.63, 3.8) is 0 Å². The number of anilines is 3. The number of hydrogen-bond acceptors (Lipinski definition) is 7. The Kier molecular flexibility index (Phi) is 7.94. The summed E-state index contributed by atoms with van der Waals surface area (Å²) in [6, 6.07) is 17.2. The Bertz CT molecular complexity index is 1300. The first-order chi connectivity index (χ1) is 17.0. The van der Waals surface area contributed by atoms with Gasteiger partial charge in [-0.15, -0.1) is 0 Å². The van der Waals surface area contributed by atoms with Gasteiger partial charge in [0.1, 0.15) is 18.1 Å². The molecule has 1 fully saturated rings. The molecule has 35 heavy (non-hydrogen) atoms. The highest BCUT2D eigenvalue weighted by atomic mass is 32.2. The van der Waals surface area contributed by atoms with E-state index in [2.05, 4.69) is 5.32 Å². The number of nitrogens with one attached hydrogen (secondary N) is 1. The van der Waals surface area contributed by atoms with Crippen LogP contribution in [0.4, 0.5) is 17.2 Å². The summed E-state index contributed by atoms with van der Waals surface area (Å²) in [4.78, 5) is 43.3. The summed E-state index contributed by atoms with van der Waals surface area (Å²) >= 11 is 1.52. The fourth-order valence-electron chi connectivity index (χ4n) is 3.97. The Morgan fingerprint density at radius 3 is 2.43 bits per heavy atom. The lowest BCUT2D eigenvalue weighted by atomic mass is 10.3. The van der Waals surface area contributed by atoms with E-state index in [9.17, 15) is 14.4 Å². The fraction of sp³-hybridized carbons (Fsp3) is 0.320.